The summed E-state index contributed by atoms with van der Waals surface area (Å²) in [4.78, 5) is 29.5. The maximum atomic E-state index is 12.0. The highest BCUT2D eigenvalue weighted by molar-refractivity contribution is 6.31. The molecule has 0 unspecified atom stereocenters. The topological polar surface area (TPSA) is 98.0 Å². The molecule has 102 valence electrons. The van der Waals surface area contributed by atoms with E-state index in [0.717, 1.165) is 12.1 Å². The monoisotopic (exact) mass is 312 g/mol. The molecule has 0 radical (unpaired) electrons. The lowest BCUT2D eigenvalue weighted by Crippen LogP contribution is -2.13. The van der Waals surface area contributed by atoms with Crippen molar-refractivity contribution in [1.29, 1.82) is 0 Å². The van der Waals surface area contributed by atoms with Gasteiger partial charge in [0.1, 0.15) is 5.82 Å². The molecule has 1 amide bonds. The lowest BCUT2D eigenvalue weighted by atomic mass is 10.2. The van der Waals surface area contributed by atoms with Crippen molar-refractivity contribution in [2.24, 2.45) is 0 Å². The van der Waals surface area contributed by atoms with Gasteiger partial charge in [-0.05, 0) is 23.7 Å². The maximum Gasteiger partial charge on any atom is 0.271 e. The zero-order valence-electron chi connectivity index (χ0n) is 9.71. The number of benzene rings is 1. The Kier molecular flexibility index (Phi) is 4.11. The Bertz CT molecular complexity index is 693. The van der Waals surface area contributed by atoms with Crippen LogP contribution in [0, 0.1) is 10.1 Å². The second-order valence-electron chi connectivity index (χ2n) is 3.62. The minimum absolute atomic E-state index is 0.0279. The quantitative estimate of drug-likeness (QED) is 0.533. The zero-order valence-corrected chi connectivity index (χ0v) is 11.2. The number of nitrogens with one attached hydrogen (secondary N) is 1. The molecule has 1 aromatic carbocycles. The van der Waals surface area contributed by atoms with E-state index >= 15 is 0 Å². The first-order chi connectivity index (χ1) is 9.45. The second kappa shape index (κ2) is 5.81. The standard InChI is InChI=1S/C11H6Cl2N4O3/c12-7-3-6(4-8(5-7)17(19)20)10(18)15-9-1-2-14-11(13)16-9/h1-5H,(H,14,15,16,18). The summed E-state index contributed by atoms with van der Waals surface area (Å²) in [5, 5.41) is 13.2. The van der Waals surface area contributed by atoms with Gasteiger partial charge in [0.25, 0.3) is 11.6 Å². The number of carbonyl (C=O) groups is 1. The maximum absolute atomic E-state index is 12.0. The molecule has 7 nitrogen and oxygen atoms in total. The van der Waals surface area contributed by atoms with Crippen LogP contribution in [0.3, 0.4) is 0 Å². The van der Waals surface area contributed by atoms with Gasteiger partial charge in [0.05, 0.1) is 4.92 Å². The van der Waals surface area contributed by atoms with Gasteiger partial charge in [0.2, 0.25) is 5.28 Å². The average molecular weight is 313 g/mol. The van der Waals surface area contributed by atoms with E-state index in [0.29, 0.717) is 0 Å². The van der Waals surface area contributed by atoms with Crippen LogP contribution in [0.15, 0.2) is 30.5 Å². The molecule has 0 aliphatic rings. The summed E-state index contributed by atoms with van der Waals surface area (Å²) in [6, 6.07) is 5.01. The molecule has 1 heterocycles. The third kappa shape index (κ3) is 3.40. The van der Waals surface area contributed by atoms with E-state index in [2.05, 4.69) is 15.3 Å². The fourth-order valence-electron chi connectivity index (χ4n) is 1.40. The van der Waals surface area contributed by atoms with Gasteiger partial charge in [0.15, 0.2) is 0 Å². The summed E-state index contributed by atoms with van der Waals surface area (Å²) in [6.07, 6.45) is 1.37. The van der Waals surface area contributed by atoms with E-state index in [9.17, 15) is 14.9 Å². The van der Waals surface area contributed by atoms with E-state index in [1.54, 1.807) is 0 Å². The molecule has 20 heavy (non-hydrogen) atoms. The van der Waals surface area contributed by atoms with Gasteiger partial charge in [-0.2, -0.15) is 0 Å². The van der Waals surface area contributed by atoms with Crippen LogP contribution in [0.1, 0.15) is 10.4 Å². The number of nitrogens with zero attached hydrogens (tertiary/aromatic N) is 3. The second-order valence-corrected chi connectivity index (χ2v) is 4.39. The van der Waals surface area contributed by atoms with Gasteiger partial charge in [-0.25, -0.2) is 9.97 Å². The van der Waals surface area contributed by atoms with Crippen LogP contribution in [-0.4, -0.2) is 20.8 Å². The SMILES string of the molecule is O=C(Nc1ccnc(Cl)n1)c1cc(Cl)cc([N+](=O)[O-])c1. The summed E-state index contributed by atoms with van der Waals surface area (Å²) < 4.78 is 0. The van der Waals surface area contributed by atoms with Crippen LogP contribution in [0.5, 0.6) is 0 Å². The lowest BCUT2D eigenvalue weighted by Gasteiger charge is -2.04. The number of hydrogen-bond acceptors (Lipinski definition) is 5. The van der Waals surface area contributed by atoms with Crippen LogP contribution in [-0.2, 0) is 0 Å². The Balaban J connectivity index is 2.27. The molecule has 0 fully saturated rings. The van der Waals surface area contributed by atoms with Gasteiger partial charge >= 0.3 is 0 Å². The van der Waals surface area contributed by atoms with Crippen LogP contribution in [0.25, 0.3) is 0 Å². The molecule has 0 spiro atoms. The molecule has 0 atom stereocenters. The third-order valence-electron chi connectivity index (χ3n) is 2.22. The first-order valence-corrected chi connectivity index (χ1v) is 5.96. The van der Waals surface area contributed by atoms with Gasteiger partial charge in [-0.3, -0.25) is 14.9 Å². The fourth-order valence-corrected chi connectivity index (χ4v) is 1.78. The molecule has 1 aromatic heterocycles. The first kappa shape index (κ1) is 14.2. The average Bonchev–Trinajstić information content (AvgIpc) is 2.37. The predicted molar refractivity (Wildman–Crippen MR) is 73.1 cm³/mol. The van der Waals surface area contributed by atoms with Crippen LogP contribution in [0.4, 0.5) is 11.5 Å². The van der Waals surface area contributed by atoms with Gasteiger partial charge in [-0.15, -0.1) is 0 Å². The number of aromatic nitrogens is 2. The van der Waals surface area contributed by atoms with Gasteiger partial charge in [0, 0.05) is 28.9 Å². The van der Waals surface area contributed by atoms with Crippen molar-refractivity contribution in [2.45, 2.75) is 0 Å². The van der Waals surface area contributed by atoms with Crippen LogP contribution in [0.2, 0.25) is 10.3 Å². The molecule has 2 rings (SSSR count). The lowest BCUT2D eigenvalue weighted by molar-refractivity contribution is -0.384. The Morgan fingerprint density at radius 3 is 2.70 bits per heavy atom. The number of amides is 1. The Morgan fingerprint density at radius 1 is 1.30 bits per heavy atom. The first-order valence-electron chi connectivity index (χ1n) is 5.20. The molecule has 0 aliphatic heterocycles. The summed E-state index contributed by atoms with van der Waals surface area (Å²) in [7, 11) is 0. The number of halogens is 2. The molecule has 0 saturated carbocycles. The van der Waals surface area contributed by atoms with Gasteiger partial charge < -0.3 is 5.32 Å². The van der Waals surface area contributed by atoms with E-state index in [1.165, 1.54) is 18.3 Å². The number of nitro benzene ring substituents is 1. The third-order valence-corrected chi connectivity index (χ3v) is 2.62. The fraction of sp³-hybridized carbons (Fsp3) is 0. The van der Waals surface area contributed by atoms with E-state index in [-0.39, 0.29) is 27.4 Å². The highest BCUT2D eigenvalue weighted by atomic mass is 35.5. The molecule has 1 N–H and O–H groups in total. The van der Waals surface area contributed by atoms with Crippen molar-refractivity contribution >= 4 is 40.6 Å². The highest BCUT2D eigenvalue weighted by Gasteiger charge is 2.14. The summed E-state index contributed by atoms with van der Waals surface area (Å²) in [5.74, 6) is -0.414. The smallest absolute Gasteiger partial charge is 0.271 e. The summed E-state index contributed by atoms with van der Waals surface area (Å²) in [6.45, 7) is 0. The number of carbonyl (C=O) groups excluding carboxylic acids is 1. The van der Waals surface area contributed by atoms with Crippen molar-refractivity contribution in [2.75, 3.05) is 5.32 Å². The minimum Gasteiger partial charge on any atom is -0.306 e. The molecular weight excluding hydrogens is 307 g/mol. The number of hydrogen-bond donors (Lipinski definition) is 1. The van der Waals surface area contributed by atoms with Crippen molar-refractivity contribution in [3.05, 3.63) is 56.4 Å². The number of non-ortho nitro benzene ring substituents is 1. The normalized spacial score (nSPS) is 10.1. The van der Waals surface area contributed by atoms with E-state index < -0.39 is 10.8 Å². The minimum atomic E-state index is -0.635. The van der Waals surface area contributed by atoms with E-state index in [4.69, 9.17) is 23.2 Å². The molecule has 0 aliphatic carbocycles. The van der Waals surface area contributed by atoms with Crippen LogP contribution < -0.4 is 5.32 Å². The predicted octanol–water partition coefficient (Wildman–Crippen LogP) is 2.94. The number of nitro groups is 1. The largest absolute Gasteiger partial charge is 0.306 e. The Morgan fingerprint density at radius 2 is 2.05 bits per heavy atom. The zero-order chi connectivity index (χ0) is 14.7. The summed E-state index contributed by atoms with van der Waals surface area (Å²) >= 11 is 11.3. The summed E-state index contributed by atoms with van der Waals surface area (Å²) in [5.41, 5.74) is -0.234. The molecular formula is C11H6Cl2N4O3. The Hall–Kier alpha value is -2.25. The van der Waals surface area contributed by atoms with Crippen molar-refractivity contribution in [1.82, 2.24) is 9.97 Å². The van der Waals surface area contributed by atoms with Gasteiger partial charge in [-0.1, -0.05) is 11.6 Å². The molecule has 0 bridgehead atoms. The van der Waals surface area contributed by atoms with E-state index in [1.807, 2.05) is 0 Å². The van der Waals surface area contributed by atoms with Crippen molar-refractivity contribution < 1.29 is 9.72 Å². The molecule has 9 heteroatoms. The van der Waals surface area contributed by atoms with Crippen molar-refractivity contribution in [3.8, 4) is 0 Å². The Labute approximate surface area is 122 Å². The number of rotatable bonds is 3. The molecule has 0 saturated heterocycles. The molecule has 2 aromatic rings. The van der Waals surface area contributed by atoms with Crippen molar-refractivity contribution in [3.63, 3.8) is 0 Å². The highest BCUT2D eigenvalue weighted by Crippen LogP contribution is 2.21. The number of anilines is 1. The van der Waals surface area contributed by atoms with Crippen LogP contribution >= 0.6 is 23.2 Å².